The molecule has 3 rings (SSSR count). The molecule has 0 aliphatic carbocycles. The Hall–Kier alpha value is -2.55. The van der Waals surface area contributed by atoms with Gasteiger partial charge in [0.2, 0.25) is 11.8 Å². The van der Waals surface area contributed by atoms with Crippen molar-refractivity contribution in [2.75, 3.05) is 30.9 Å². The predicted molar refractivity (Wildman–Crippen MR) is 154 cm³/mol. The van der Waals surface area contributed by atoms with Crippen LogP contribution in [0.15, 0.2) is 54.6 Å². The molecule has 4 N–H and O–H groups in total. The van der Waals surface area contributed by atoms with E-state index in [2.05, 4.69) is 27.1 Å². The van der Waals surface area contributed by atoms with Crippen molar-refractivity contribution in [1.82, 2.24) is 15.1 Å². The Kier molecular flexibility index (Phi) is 10.9. The summed E-state index contributed by atoms with van der Waals surface area (Å²) in [4.78, 5) is 29.8. The first-order valence-corrected chi connectivity index (χ1v) is 14.2. The molecule has 1 heterocycles. The number of hydrogen-bond acceptors (Lipinski definition) is 6. The van der Waals surface area contributed by atoms with Gasteiger partial charge in [-0.15, -0.1) is 0 Å². The minimum atomic E-state index is -0.906. The molecular weight excluding hydrogens is 482 g/mol. The molecule has 1 aliphatic rings. The summed E-state index contributed by atoms with van der Waals surface area (Å²) in [5, 5.41) is 2.53. The third-order valence-corrected chi connectivity index (χ3v) is 7.92. The quantitative estimate of drug-likeness (QED) is 0.270. The topological polar surface area (TPSA) is 90.7 Å². The molecule has 8 heteroatoms. The summed E-state index contributed by atoms with van der Waals surface area (Å²) in [6.45, 7) is 11.3. The molecule has 0 bridgehead atoms. The number of nitrogens with zero attached hydrogens (tertiary/aromatic N) is 2. The van der Waals surface area contributed by atoms with Crippen molar-refractivity contribution in [3.05, 3.63) is 65.7 Å². The molecule has 202 valence electrons. The van der Waals surface area contributed by atoms with Crippen LogP contribution in [0.3, 0.4) is 0 Å². The third kappa shape index (κ3) is 9.05. The first kappa shape index (κ1) is 29.0. The number of carbonyl (C=O) groups is 2. The Balaban J connectivity index is 1.61. The van der Waals surface area contributed by atoms with Gasteiger partial charge >= 0.3 is 0 Å². The van der Waals surface area contributed by atoms with Crippen molar-refractivity contribution >= 4 is 29.4 Å². The molecule has 1 aliphatic heterocycles. The van der Waals surface area contributed by atoms with Gasteiger partial charge in [0.15, 0.2) is 0 Å². The molecule has 37 heavy (non-hydrogen) atoms. The van der Waals surface area contributed by atoms with Crippen molar-refractivity contribution in [1.29, 1.82) is 0 Å². The summed E-state index contributed by atoms with van der Waals surface area (Å²) < 4.78 is 3.33. The van der Waals surface area contributed by atoms with Crippen LogP contribution >= 0.6 is 11.9 Å². The fraction of sp³-hybridized carbons (Fsp3) is 0.517. The summed E-state index contributed by atoms with van der Waals surface area (Å²) in [5.74, 6) is -0.400. The average Bonchev–Trinajstić information content (AvgIpc) is 3.39. The van der Waals surface area contributed by atoms with Gasteiger partial charge in [0.25, 0.3) is 0 Å². The molecular formula is C29H43N5O2S. The zero-order valence-corrected chi connectivity index (χ0v) is 23.5. The first-order valence-electron chi connectivity index (χ1n) is 13.3. The summed E-state index contributed by atoms with van der Waals surface area (Å²) in [5.41, 5.74) is 9.35. The second kappa shape index (κ2) is 13.8. The van der Waals surface area contributed by atoms with E-state index in [0.29, 0.717) is 13.0 Å². The van der Waals surface area contributed by atoms with Crippen LogP contribution in [0.25, 0.3) is 0 Å². The van der Waals surface area contributed by atoms with E-state index in [1.54, 1.807) is 4.90 Å². The van der Waals surface area contributed by atoms with Crippen LogP contribution in [0.5, 0.6) is 0 Å². The first-order chi connectivity index (χ1) is 17.7. The molecule has 1 fully saturated rings. The van der Waals surface area contributed by atoms with E-state index in [0.717, 1.165) is 24.2 Å². The van der Waals surface area contributed by atoms with E-state index in [-0.39, 0.29) is 11.8 Å². The van der Waals surface area contributed by atoms with E-state index in [9.17, 15) is 9.59 Å². The van der Waals surface area contributed by atoms with Crippen molar-refractivity contribution in [3.8, 4) is 0 Å². The average molecular weight is 526 g/mol. The van der Waals surface area contributed by atoms with Crippen LogP contribution in [-0.4, -0.2) is 64.7 Å². The lowest BCUT2D eigenvalue weighted by Gasteiger charge is -2.35. The fourth-order valence-corrected chi connectivity index (χ4v) is 5.86. The largest absolute Gasteiger partial charge is 0.349 e. The molecule has 7 nitrogen and oxygen atoms in total. The maximum atomic E-state index is 13.3. The summed E-state index contributed by atoms with van der Waals surface area (Å²) >= 11 is 1.30. The monoisotopic (exact) mass is 525 g/mol. The molecule has 1 unspecified atom stereocenters. The number of nitrogens with two attached hydrogens (primary N) is 1. The number of likely N-dealkylation sites (tertiary alicyclic amines) is 1. The number of carbonyl (C=O) groups excluding carboxylic acids is 2. The van der Waals surface area contributed by atoms with Crippen molar-refractivity contribution < 1.29 is 9.59 Å². The van der Waals surface area contributed by atoms with E-state index >= 15 is 0 Å². The molecule has 2 aromatic carbocycles. The van der Waals surface area contributed by atoms with Crippen LogP contribution < -0.4 is 15.8 Å². The third-order valence-electron chi connectivity index (χ3n) is 6.78. The van der Waals surface area contributed by atoms with Crippen molar-refractivity contribution in [3.63, 3.8) is 0 Å². The van der Waals surface area contributed by atoms with E-state index in [1.807, 2.05) is 63.2 Å². The van der Waals surface area contributed by atoms with Crippen LogP contribution in [0, 0.1) is 0 Å². The number of rotatable bonds is 13. The maximum Gasteiger partial charge on any atom is 0.240 e. The van der Waals surface area contributed by atoms with Gasteiger partial charge in [-0.05, 0) is 94.8 Å². The molecule has 2 amide bonds. The van der Waals surface area contributed by atoms with Gasteiger partial charge in [0, 0.05) is 31.2 Å². The van der Waals surface area contributed by atoms with Crippen LogP contribution in [0.1, 0.15) is 51.7 Å². The van der Waals surface area contributed by atoms with Gasteiger partial charge in [-0.25, -0.2) is 0 Å². The van der Waals surface area contributed by atoms with E-state index in [1.165, 1.54) is 50.4 Å². The number of benzene rings is 2. The second-order valence-corrected chi connectivity index (χ2v) is 11.4. The van der Waals surface area contributed by atoms with Gasteiger partial charge < -0.3 is 25.6 Å². The Labute approximate surface area is 226 Å². The lowest BCUT2D eigenvalue weighted by atomic mass is 9.94. The Bertz CT molecular complexity index is 993. The lowest BCUT2D eigenvalue weighted by molar-refractivity contribution is -0.131. The van der Waals surface area contributed by atoms with Gasteiger partial charge in [-0.1, -0.05) is 42.5 Å². The van der Waals surface area contributed by atoms with Crippen LogP contribution in [0.2, 0.25) is 0 Å². The Morgan fingerprint density at radius 2 is 1.70 bits per heavy atom. The summed E-state index contributed by atoms with van der Waals surface area (Å²) in [7, 11) is 0. The molecule has 2 aromatic rings. The Morgan fingerprint density at radius 3 is 2.30 bits per heavy atom. The minimum Gasteiger partial charge on any atom is -0.349 e. The van der Waals surface area contributed by atoms with Gasteiger partial charge in [0.1, 0.15) is 11.4 Å². The molecule has 0 spiro atoms. The van der Waals surface area contributed by atoms with Crippen LogP contribution in [-0.2, 0) is 22.4 Å². The number of likely N-dealkylation sites (N-methyl/N-ethyl adjacent to an activating group) is 1. The molecule has 2 atom stereocenters. The predicted octanol–water partition coefficient (Wildman–Crippen LogP) is 4.04. The summed E-state index contributed by atoms with van der Waals surface area (Å²) in [6.07, 6.45) is 4.33. The van der Waals surface area contributed by atoms with Crippen LogP contribution in [0.4, 0.5) is 5.69 Å². The zero-order valence-electron chi connectivity index (χ0n) is 22.7. The van der Waals surface area contributed by atoms with E-state index < -0.39 is 17.0 Å². The highest BCUT2D eigenvalue weighted by molar-refractivity contribution is 8.01. The van der Waals surface area contributed by atoms with Crippen molar-refractivity contribution in [2.45, 2.75) is 70.3 Å². The zero-order chi connectivity index (χ0) is 26.8. The molecule has 0 radical (unpaired) electrons. The molecule has 1 saturated heterocycles. The highest BCUT2D eigenvalue weighted by Crippen LogP contribution is 2.24. The Morgan fingerprint density at radius 1 is 1.05 bits per heavy atom. The smallest absolute Gasteiger partial charge is 0.240 e. The minimum absolute atomic E-state index is 0.120. The highest BCUT2D eigenvalue weighted by atomic mass is 32.2. The molecule has 0 saturated carbocycles. The summed E-state index contributed by atoms with van der Waals surface area (Å²) in [6, 6.07) is 17.5. The number of nitrogens with one attached hydrogen (secondary N) is 2. The standard InChI is InChI=1S/C29H43N5O2S/c1-5-34(22(2)35)28(26(30)27(36)31-29(3,4)21-24-11-7-6-8-12-24)37-32-25-15-13-23(14-16-25)17-20-33-18-9-10-19-33/h6-8,11-16,26,28,32H,5,9-10,17-21,30H2,1-4H3,(H,31,36)/t26?,28-/m0/s1. The van der Waals surface area contributed by atoms with E-state index in [4.69, 9.17) is 5.73 Å². The maximum absolute atomic E-state index is 13.3. The van der Waals surface area contributed by atoms with Gasteiger partial charge in [-0.3, -0.25) is 9.59 Å². The van der Waals surface area contributed by atoms with Gasteiger partial charge in [0.05, 0.1) is 0 Å². The highest BCUT2D eigenvalue weighted by Gasteiger charge is 2.34. The number of hydrogen-bond donors (Lipinski definition) is 3. The SMILES string of the molecule is CCN(C(C)=O)[C@@H](SNc1ccc(CCN2CCCC2)cc1)C(N)C(=O)NC(C)(C)Cc1ccccc1. The number of amides is 2. The van der Waals surface area contributed by atoms with Gasteiger partial charge in [-0.2, -0.15) is 0 Å². The normalized spacial score (nSPS) is 15.7. The number of anilines is 1. The second-order valence-electron chi connectivity index (χ2n) is 10.5. The fourth-order valence-electron chi connectivity index (χ4n) is 4.77. The molecule has 0 aromatic heterocycles. The van der Waals surface area contributed by atoms with Crippen molar-refractivity contribution in [2.24, 2.45) is 5.73 Å². The lowest BCUT2D eigenvalue weighted by Crippen LogP contribution is -2.59.